The lowest BCUT2D eigenvalue weighted by atomic mass is 9.68. The molecule has 1 aliphatic carbocycles. The van der Waals surface area contributed by atoms with Crippen LogP contribution in [-0.4, -0.2) is 28.4 Å². The summed E-state index contributed by atoms with van der Waals surface area (Å²) in [6.07, 6.45) is 2.67. The monoisotopic (exact) mass is 346 g/mol. The Labute approximate surface area is 142 Å². The fraction of sp³-hybridized carbons (Fsp3) is 0.444. The zero-order valence-corrected chi connectivity index (χ0v) is 14.2. The molecule has 1 aromatic rings. The lowest BCUT2D eigenvalue weighted by molar-refractivity contribution is -0.155. The van der Waals surface area contributed by atoms with Crippen molar-refractivity contribution in [3.05, 3.63) is 47.5 Å². The highest BCUT2D eigenvalue weighted by Gasteiger charge is 2.62. The van der Waals surface area contributed by atoms with E-state index >= 15 is 0 Å². The number of fused-ring (bicyclic) bond motifs is 8. The molecule has 126 valence electrons. The minimum absolute atomic E-state index is 0.135. The van der Waals surface area contributed by atoms with Gasteiger partial charge in [0.15, 0.2) is 0 Å². The van der Waals surface area contributed by atoms with Crippen LogP contribution in [0.3, 0.4) is 0 Å². The van der Waals surface area contributed by atoms with Gasteiger partial charge in [0.05, 0.1) is 10.5 Å². The summed E-state index contributed by atoms with van der Waals surface area (Å²) in [5, 5.41) is -0.382. The predicted octanol–water partition coefficient (Wildman–Crippen LogP) is 2.21. The number of carbonyl (C=O) groups excluding carboxylic acids is 2. The summed E-state index contributed by atoms with van der Waals surface area (Å²) in [4.78, 5) is 23.0. The second-order valence-corrected chi connectivity index (χ2v) is 8.16. The molecule has 1 unspecified atom stereocenters. The first-order chi connectivity index (χ1) is 11.5. The standard InChI is InChI=1S/C18H18O5S/c1-9(19)22-13-7-8-14(23-10(2)20)16-15(13)17-11-5-3-4-6-12(11)18(16)24(17)21/h3-8,13-18H,1-2H3/t13-,14+,15-,16+,17-,18+,24?. The van der Waals surface area contributed by atoms with E-state index in [1.54, 1.807) is 12.2 Å². The van der Waals surface area contributed by atoms with Crippen LogP contribution in [0.2, 0.25) is 0 Å². The van der Waals surface area contributed by atoms with Crippen molar-refractivity contribution >= 4 is 22.7 Å². The van der Waals surface area contributed by atoms with Gasteiger partial charge in [-0.05, 0) is 23.3 Å². The van der Waals surface area contributed by atoms with Crippen molar-refractivity contribution in [2.24, 2.45) is 11.8 Å². The minimum Gasteiger partial charge on any atom is -0.458 e. The Hall–Kier alpha value is -1.95. The summed E-state index contributed by atoms with van der Waals surface area (Å²) in [5.74, 6) is -1.000. The van der Waals surface area contributed by atoms with Crippen LogP contribution in [0.1, 0.15) is 35.5 Å². The molecule has 0 radical (unpaired) electrons. The summed E-state index contributed by atoms with van der Waals surface area (Å²) >= 11 is 0. The highest BCUT2D eigenvalue weighted by Crippen LogP contribution is 2.63. The lowest BCUT2D eigenvalue weighted by Crippen LogP contribution is -2.43. The van der Waals surface area contributed by atoms with Crippen LogP contribution >= 0.6 is 0 Å². The number of ether oxygens (including phenoxy) is 2. The van der Waals surface area contributed by atoms with Crippen LogP contribution < -0.4 is 0 Å². The molecule has 0 N–H and O–H groups in total. The number of carbonyl (C=O) groups is 2. The largest absolute Gasteiger partial charge is 0.458 e. The molecule has 1 saturated heterocycles. The predicted molar refractivity (Wildman–Crippen MR) is 87.3 cm³/mol. The first-order valence-corrected chi connectivity index (χ1v) is 9.27. The van der Waals surface area contributed by atoms with Crippen LogP contribution in [0.5, 0.6) is 0 Å². The maximum absolute atomic E-state index is 13.1. The number of benzene rings is 1. The van der Waals surface area contributed by atoms with Crippen molar-refractivity contribution in [1.29, 1.82) is 0 Å². The van der Waals surface area contributed by atoms with Gasteiger partial charge in [-0.25, -0.2) is 0 Å². The molecule has 7 atom stereocenters. The summed E-state index contributed by atoms with van der Waals surface area (Å²) in [6, 6.07) is 7.87. The van der Waals surface area contributed by atoms with Gasteiger partial charge in [0.25, 0.3) is 0 Å². The highest BCUT2D eigenvalue weighted by molar-refractivity contribution is 7.86. The van der Waals surface area contributed by atoms with Gasteiger partial charge in [0.1, 0.15) is 12.2 Å². The van der Waals surface area contributed by atoms with Gasteiger partial charge < -0.3 is 9.47 Å². The number of hydrogen-bond acceptors (Lipinski definition) is 5. The molecule has 2 aliphatic heterocycles. The first kappa shape index (κ1) is 15.6. The van der Waals surface area contributed by atoms with Gasteiger partial charge in [-0.3, -0.25) is 13.8 Å². The number of rotatable bonds is 2. The molecule has 3 aliphatic rings. The van der Waals surface area contributed by atoms with Crippen LogP contribution in [0, 0.1) is 11.8 Å². The quantitative estimate of drug-likeness (QED) is 0.607. The van der Waals surface area contributed by atoms with Crippen molar-refractivity contribution in [3.8, 4) is 0 Å². The van der Waals surface area contributed by atoms with Crippen LogP contribution in [0.4, 0.5) is 0 Å². The summed E-state index contributed by atoms with van der Waals surface area (Å²) in [5.41, 5.74) is 2.13. The van der Waals surface area contributed by atoms with Crippen LogP contribution in [0.15, 0.2) is 36.4 Å². The van der Waals surface area contributed by atoms with Crippen molar-refractivity contribution < 1.29 is 23.3 Å². The SMILES string of the molecule is CC(=O)O[C@H]1C=C[C@@H](OC(C)=O)[C@@H]2[C@H]1[C@@H]1c3ccccc3[C@H]2S1=O. The van der Waals surface area contributed by atoms with Crippen molar-refractivity contribution in [3.63, 3.8) is 0 Å². The lowest BCUT2D eigenvalue weighted by Gasteiger charge is -2.40. The van der Waals surface area contributed by atoms with Crippen molar-refractivity contribution in [1.82, 2.24) is 0 Å². The molecule has 1 aromatic carbocycles. The van der Waals surface area contributed by atoms with Gasteiger partial charge in [0, 0.05) is 36.5 Å². The molecule has 24 heavy (non-hydrogen) atoms. The zero-order valence-electron chi connectivity index (χ0n) is 13.4. The Morgan fingerprint density at radius 3 is 1.67 bits per heavy atom. The smallest absolute Gasteiger partial charge is 0.303 e. The molecular formula is C18H18O5S. The fourth-order valence-corrected chi connectivity index (χ4v) is 6.98. The summed E-state index contributed by atoms with van der Waals surface area (Å²) < 4.78 is 24.0. The van der Waals surface area contributed by atoms with E-state index in [0.29, 0.717) is 0 Å². The second kappa shape index (κ2) is 5.55. The second-order valence-electron chi connectivity index (χ2n) is 6.49. The highest BCUT2D eigenvalue weighted by atomic mass is 32.2. The van der Waals surface area contributed by atoms with E-state index < -0.39 is 23.0 Å². The fourth-order valence-electron chi connectivity index (χ4n) is 4.44. The molecule has 0 aromatic heterocycles. The molecule has 0 spiro atoms. The van der Waals surface area contributed by atoms with Gasteiger partial charge in [-0.2, -0.15) is 0 Å². The Morgan fingerprint density at radius 2 is 1.29 bits per heavy atom. The Kier molecular flexibility index (Phi) is 3.60. The molecule has 1 fully saturated rings. The summed E-state index contributed by atoms with van der Waals surface area (Å²) in [6.45, 7) is 2.75. The minimum atomic E-state index is -1.11. The third-order valence-electron chi connectivity index (χ3n) is 5.11. The molecule has 4 rings (SSSR count). The topological polar surface area (TPSA) is 69.7 Å². The molecule has 2 heterocycles. The molecule has 2 bridgehead atoms. The van der Waals surface area contributed by atoms with E-state index in [9.17, 15) is 13.8 Å². The Bertz CT molecular complexity index is 709. The van der Waals surface area contributed by atoms with Gasteiger partial charge in [-0.15, -0.1) is 0 Å². The van der Waals surface area contributed by atoms with E-state index in [2.05, 4.69) is 0 Å². The van der Waals surface area contributed by atoms with E-state index in [4.69, 9.17) is 9.47 Å². The maximum Gasteiger partial charge on any atom is 0.303 e. The third-order valence-corrected chi connectivity index (χ3v) is 7.24. The molecule has 0 saturated carbocycles. The van der Waals surface area contributed by atoms with Gasteiger partial charge in [-0.1, -0.05) is 24.3 Å². The Balaban J connectivity index is 1.80. The molecule has 5 nitrogen and oxygen atoms in total. The average molecular weight is 346 g/mol. The van der Waals surface area contributed by atoms with Crippen LogP contribution in [0.25, 0.3) is 0 Å². The first-order valence-electron chi connectivity index (χ1n) is 8.00. The van der Waals surface area contributed by atoms with E-state index in [-0.39, 0.29) is 34.3 Å². The van der Waals surface area contributed by atoms with E-state index in [1.807, 2.05) is 24.3 Å². The van der Waals surface area contributed by atoms with Gasteiger partial charge >= 0.3 is 11.9 Å². The summed E-state index contributed by atoms with van der Waals surface area (Å²) in [7, 11) is -1.11. The number of esters is 2. The van der Waals surface area contributed by atoms with Gasteiger partial charge in [0.2, 0.25) is 0 Å². The van der Waals surface area contributed by atoms with E-state index in [1.165, 1.54) is 13.8 Å². The Morgan fingerprint density at radius 1 is 0.875 bits per heavy atom. The van der Waals surface area contributed by atoms with Crippen molar-refractivity contribution in [2.75, 3.05) is 0 Å². The third kappa shape index (κ3) is 2.16. The van der Waals surface area contributed by atoms with E-state index in [0.717, 1.165) is 11.1 Å². The molecule has 0 amide bonds. The molecular weight excluding hydrogens is 328 g/mol. The zero-order chi connectivity index (χ0) is 17.0. The van der Waals surface area contributed by atoms with Crippen LogP contribution in [-0.2, 0) is 29.9 Å². The van der Waals surface area contributed by atoms with Crippen molar-refractivity contribution in [2.45, 2.75) is 36.6 Å². The normalized spacial score (nSPS) is 38.3. The maximum atomic E-state index is 13.1. The number of hydrogen-bond donors (Lipinski definition) is 0. The molecule has 6 heteroatoms. The average Bonchev–Trinajstić information content (AvgIpc) is 2.98.